The van der Waals surface area contributed by atoms with Crippen LogP contribution in [0.4, 0.5) is 5.69 Å². The van der Waals surface area contributed by atoms with E-state index >= 15 is 0 Å². The third kappa shape index (κ3) is 4.13. The van der Waals surface area contributed by atoms with Gasteiger partial charge in [-0.15, -0.1) is 0 Å². The van der Waals surface area contributed by atoms with E-state index < -0.39 is 17.4 Å². The monoisotopic (exact) mass is 392 g/mol. The SMILES string of the molecule is C/C(=N/NC(=O)C(=O)Nc1c(C)n(C)n(-c2ccccc2)c1=O)c1ccncc1. The molecule has 2 N–H and O–H groups in total. The number of amides is 2. The number of carbonyl (C=O) groups excluding carboxylic acids is 2. The Kier molecular flexibility index (Phi) is 5.68. The van der Waals surface area contributed by atoms with Crippen LogP contribution in [0.3, 0.4) is 0 Å². The highest BCUT2D eigenvalue weighted by molar-refractivity contribution is 6.39. The number of aromatic nitrogens is 3. The molecular weight excluding hydrogens is 372 g/mol. The van der Waals surface area contributed by atoms with E-state index in [1.165, 1.54) is 4.68 Å². The highest BCUT2D eigenvalue weighted by Gasteiger charge is 2.21. The first-order valence-electron chi connectivity index (χ1n) is 8.80. The highest BCUT2D eigenvalue weighted by Crippen LogP contribution is 2.13. The fourth-order valence-electron chi connectivity index (χ4n) is 2.73. The van der Waals surface area contributed by atoms with Crippen molar-refractivity contribution >= 4 is 23.2 Å². The third-order valence-corrected chi connectivity index (χ3v) is 4.42. The number of hydrogen-bond donors (Lipinski definition) is 2. The first-order chi connectivity index (χ1) is 13.9. The van der Waals surface area contributed by atoms with Gasteiger partial charge < -0.3 is 5.32 Å². The maximum absolute atomic E-state index is 12.8. The van der Waals surface area contributed by atoms with E-state index in [-0.39, 0.29) is 5.69 Å². The van der Waals surface area contributed by atoms with Crippen LogP contribution in [0.25, 0.3) is 5.69 Å². The molecule has 0 fully saturated rings. The van der Waals surface area contributed by atoms with E-state index in [0.717, 1.165) is 5.56 Å². The summed E-state index contributed by atoms with van der Waals surface area (Å²) in [6.45, 7) is 3.37. The fraction of sp³-hybridized carbons (Fsp3) is 0.150. The third-order valence-electron chi connectivity index (χ3n) is 4.42. The van der Waals surface area contributed by atoms with Crippen molar-refractivity contribution in [2.24, 2.45) is 12.1 Å². The lowest BCUT2D eigenvalue weighted by atomic mass is 10.2. The zero-order valence-corrected chi connectivity index (χ0v) is 16.2. The first kappa shape index (κ1) is 19.7. The molecule has 9 nitrogen and oxygen atoms in total. The van der Waals surface area contributed by atoms with Gasteiger partial charge in [0.25, 0.3) is 5.56 Å². The van der Waals surface area contributed by atoms with Crippen LogP contribution in [0.15, 0.2) is 64.8 Å². The van der Waals surface area contributed by atoms with E-state index in [1.807, 2.05) is 6.07 Å². The molecule has 2 aromatic heterocycles. The van der Waals surface area contributed by atoms with Gasteiger partial charge in [0.2, 0.25) is 0 Å². The molecule has 3 aromatic rings. The summed E-state index contributed by atoms with van der Waals surface area (Å²) in [6, 6.07) is 12.4. The molecule has 0 bridgehead atoms. The number of benzene rings is 1. The molecule has 1 aromatic carbocycles. The quantitative estimate of drug-likeness (QED) is 0.397. The van der Waals surface area contributed by atoms with Crippen LogP contribution < -0.4 is 16.3 Å². The van der Waals surface area contributed by atoms with Crippen molar-refractivity contribution in [3.05, 3.63) is 76.5 Å². The Hall–Kier alpha value is -4.01. The maximum Gasteiger partial charge on any atom is 0.329 e. The van der Waals surface area contributed by atoms with Crippen molar-refractivity contribution in [2.75, 3.05) is 5.32 Å². The number of anilines is 1. The number of hydrazone groups is 1. The van der Waals surface area contributed by atoms with Gasteiger partial charge in [-0.05, 0) is 38.1 Å². The van der Waals surface area contributed by atoms with Crippen LogP contribution in [0, 0.1) is 6.92 Å². The normalized spacial score (nSPS) is 11.2. The summed E-state index contributed by atoms with van der Waals surface area (Å²) < 4.78 is 3.02. The fourth-order valence-corrected chi connectivity index (χ4v) is 2.73. The molecule has 2 heterocycles. The van der Waals surface area contributed by atoms with Gasteiger partial charge >= 0.3 is 11.8 Å². The van der Waals surface area contributed by atoms with Crippen molar-refractivity contribution < 1.29 is 9.59 Å². The van der Waals surface area contributed by atoms with Gasteiger partial charge in [-0.2, -0.15) is 5.10 Å². The van der Waals surface area contributed by atoms with Gasteiger partial charge in [0.15, 0.2) is 0 Å². The van der Waals surface area contributed by atoms with E-state index in [9.17, 15) is 14.4 Å². The average molecular weight is 392 g/mol. The Morgan fingerprint density at radius 3 is 2.34 bits per heavy atom. The minimum atomic E-state index is -0.984. The summed E-state index contributed by atoms with van der Waals surface area (Å²) >= 11 is 0. The molecule has 0 aliphatic heterocycles. The number of nitrogens with one attached hydrogen (secondary N) is 2. The van der Waals surface area contributed by atoms with E-state index in [0.29, 0.717) is 17.1 Å². The standard InChI is InChI=1S/C20H20N6O3/c1-13(15-9-11-21-12-10-15)23-24-19(28)18(27)22-17-14(2)25(3)26(20(17)29)16-7-5-4-6-8-16/h4-12H,1-3H3,(H,22,27)(H,24,28)/b23-13-. The molecule has 148 valence electrons. The molecule has 0 atom stereocenters. The van der Waals surface area contributed by atoms with Crippen LogP contribution in [0.1, 0.15) is 18.2 Å². The van der Waals surface area contributed by atoms with E-state index in [1.54, 1.807) is 74.4 Å². The largest absolute Gasteiger partial charge is 0.329 e. The minimum absolute atomic E-state index is 0.0336. The maximum atomic E-state index is 12.8. The molecule has 0 saturated carbocycles. The van der Waals surface area contributed by atoms with Gasteiger partial charge in [-0.3, -0.25) is 24.0 Å². The van der Waals surface area contributed by atoms with E-state index in [4.69, 9.17) is 0 Å². The molecule has 0 radical (unpaired) electrons. The Bertz CT molecular complexity index is 1130. The van der Waals surface area contributed by atoms with Crippen molar-refractivity contribution in [1.29, 1.82) is 0 Å². The van der Waals surface area contributed by atoms with Crippen LogP contribution in [0.2, 0.25) is 0 Å². The molecule has 0 unspecified atom stereocenters. The number of nitrogens with zero attached hydrogens (tertiary/aromatic N) is 4. The molecule has 0 aliphatic carbocycles. The van der Waals surface area contributed by atoms with Crippen LogP contribution in [0.5, 0.6) is 0 Å². The van der Waals surface area contributed by atoms with Crippen LogP contribution in [-0.4, -0.2) is 31.9 Å². The number of rotatable bonds is 4. The van der Waals surface area contributed by atoms with Crippen molar-refractivity contribution in [2.45, 2.75) is 13.8 Å². The highest BCUT2D eigenvalue weighted by atomic mass is 16.2. The van der Waals surface area contributed by atoms with Crippen LogP contribution >= 0.6 is 0 Å². The van der Waals surface area contributed by atoms with E-state index in [2.05, 4.69) is 20.8 Å². The molecule has 0 aliphatic rings. The molecular formula is C20H20N6O3. The van der Waals surface area contributed by atoms with Crippen molar-refractivity contribution in [3.8, 4) is 5.69 Å². The number of pyridine rings is 1. The second-order valence-electron chi connectivity index (χ2n) is 6.26. The Morgan fingerprint density at radius 1 is 1.03 bits per heavy atom. The summed E-state index contributed by atoms with van der Waals surface area (Å²) in [7, 11) is 1.70. The summed E-state index contributed by atoms with van der Waals surface area (Å²) in [6.07, 6.45) is 3.19. The molecule has 2 amide bonds. The lowest BCUT2D eigenvalue weighted by molar-refractivity contribution is -0.136. The average Bonchev–Trinajstić information content (AvgIpc) is 2.96. The topological polar surface area (TPSA) is 110 Å². The number of hydrogen-bond acceptors (Lipinski definition) is 5. The predicted molar refractivity (Wildman–Crippen MR) is 109 cm³/mol. The summed E-state index contributed by atoms with van der Waals surface area (Å²) in [4.78, 5) is 41.1. The summed E-state index contributed by atoms with van der Waals surface area (Å²) in [5, 5.41) is 6.30. The van der Waals surface area contributed by atoms with Crippen molar-refractivity contribution in [3.63, 3.8) is 0 Å². The second-order valence-corrected chi connectivity index (χ2v) is 6.26. The second kappa shape index (κ2) is 8.34. The molecule has 3 rings (SSSR count). The molecule has 29 heavy (non-hydrogen) atoms. The van der Waals surface area contributed by atoms with Crippen molar-refractivity contribution in [1.82, 2.24) is 19.8 Å². The molecule has 0 saturated heterocycles. The Balaban J connectivity index is 1.77. The Morgan fingerprint density at radius 2 is 1.69 bits per heavy atom. The van der Waals surface area contributed by atoms with Crippen LogP contribution in [-0.2, 0) is 16.6 Å². The number of para-hydroxylation sites is 1. The van der Waals surface area contributed by atoms with Gasteiger partial charge in [-0.1, -0.05) is 18.2 Å². The lowest BCUT2D eigenvalue weighted by Gasteiger charge is -2.07. The lowest BCUT2D eigenvalue weighted by Crippen LogP contribution is -2.34. The minimum Gasteiger partial charge on any atom is -0.311 e. The molecule has 9 heteroatoms. The van der Waals surface area contributed by atoms with Gasteiger partial charge in [0.05, 0.1) is 17.1 Å². The summed E-state index contributed by atoms with van der Waals surface area (Å²) in [5.41, 5.74) is 4.21. The molecule has 0 spiro atoms. The smallest absolute Gasteiger partial charge is 0.311 e. The van der Waals surface area contributed by atoms with Gasteiger partial charge in [0, 0.05) is 25.0 Å². The number of carbonyl (C=O) groups is 2. The zero-order valence-electron chi connectivity index (χ0n) is 16.2. The predicted octanol–water partition coefficient (Wildman–Crippen LogP) is 1.36. The van der Waals surface area contributed by atoms with Gasteiger partial charge in [-0.25, -0.2) is 10.1 Å². The zero-order chi connectivity index (χ0) is 21.0. The Labute approximate surface area is 166 Å². The summed E-state index contributed by atoms with van der Waals surface area (Å²) in [5.74, 6) is -1.96. The van der Waals surface area contributed by atoms with Gasteiger partial charge in [0.1, 0.15) is 5.69 Å². The first-order valence-corrected chi connectivity index (χ1v) is 8.80.